The Morgan fingerprint density at radius 1 is 1.19 bits per heavy atom. The Morgan fingerprint density at radius 3 is 2.62 bits per heavy atom. The lowest BCUT2D eigenvalue weighted by Crippen LogP contribution is -2.34. The highest BCUT2D eigenvalue weighted by Gasteiger charge is 2.19. The molecule has 0 saturated heterocycles. The number of benzene rings is 2. The summed E-state index contributed by atoms with van der Waals surface area (Å²) in [6, 6.07) is 15.4. The molecule has 4 heteroatoms. The number of methoxy groups -OCH3 is 1. The van der Waals surface area contributed by atoms with Crippen molar-refractivity contribution in [3.63, 3.8) is 0 Å². The molecule has 2 N–H and O–H groups in total. The Labute approximate surface area is 130 Å². The monoisotopic (exact) mass is 305 g/mol. The molecule has 2 atom stereocenters. The molecule has 0 aliphatic carbocycles. The van der Waals surface area contributed by atoms with Gasteiger partial charge in [-0.1, -0.05) is 41.9 Å². The second kappa shape index (κ2) is 7.46. The predicted octanol–water partition coefficient (Wildman–Crippen LogP) is 3.41. The zero-order valence-corrected chi connectivity index (χ0v) is 13.0. The molecule has 0 aliphatic rings. The Kier molecular flexibility index (Phi) is 5.62. The van der Waals surface area contributed by atoms with Crippen LogP contribution in [-0.2, 0) is 0 Å². The van der Waals surface area contributed by atoms with E-state index in [9.17, 15) is 5.11 Å². The van der Waals surface area contributed by atoms with E-state index in [1.165, 1.54) is 0 Å². The van der Waals surface area contributed by atoms with Crippen molar-refractivity contribution in [2.24, 2.45) is 0 Å². The highest BCUT2D eigenvalue weighted by Crippen LogP contribution is 2.30. The van der Waals surface area contributed by atoms with Gasteiger partial charge in [0.25, 0.3) is 0 Å². The molecular weight excluding hydrogens is 286 g/mol. The summed E-state index contributed by atoms with van der Waals surface area (Å²) in [5.74, 6) is 0.794. The average Bonchev–Trinajstić information content (AvgIpc) is 2.53. The summed E-state index contributed by atoms with van der Waals surface area (Å²) in [4.78, 5) is 0. The summed E-state index contributed by atoms with van der Waals surface area (Å²) < 4.78 is 5.29. The van der Waals surface area contributed by atoms with Crippen molar-refractivity contribution >= 4 is 11.6 Å². The number of aliphatic hydroxyl groups excluding tert-OH is 1. The normalized spacial score (nSPS) is 13.7. The number of halogens is 1. The van der Waals surface area contributed by atoms with E-state index in [1.807, 2.05) is 55.5 Å². The van der Waals surface area contributed by atoms with Gasteiger partial charge in [0.1, 0.15) is 5.75 Å². The van der Waals surface area contributed by atoms with E-state index in [0.717, 1.165) is 16.9 Å². The summed E-state index contributed by atoms with van der Waals surface area (Å²) in [7, 11) is 1.65. The number of hydrogen-bond acceptors (Lipinski definition) is 3. The van der Waals surface area contributed by atoms with Crippen LogP contribution >= 0.6 is 11.6 Å². The molecule has 0 heterocycles. The summed E-state index contributed by atoms with van der Waals surface area (Å²) in [5, 5.41) is 13.4. The molecule has 2 aromatic rings. The van der Waals surface area contributed by atoms with Crippen molar-refractivity contribution in [3.05, 3.63) is 64.7 Å². The minimum absolute atomic E-state index is 0.0440. The maximum Gasteiger partial charge on any atom is 0.119 e. The van der Waals surface area contributed by atoms with Crippen LogP contribution < -0.4 is 10.1 Å². The van der Waals surface area contributed by atoms with Gasteiger partial charge in [-0.15, -0.1) is 0 Å². The van der Waals surface area contributed by atoms with Crippen LogP contribution in [0.15, 0.2) is 48.5 Å². The van der Waals surface area contributed by atoms with E-state index in [4.69, 9.17) is 16.3 Å². The fourth-order valence-corrected chi connectivity index (χ4v) is 2.48. The minimum Gasteiger partial charge on any atom is -0.497 e. The lowest BCUT2D eigenvalue weighted by Gasteiger charge is -2.24. The van der Waals surface area contributed by atoms with Gasteiger partial charge < -0.3 is 15.2 Å². The second-order valence-electron chi connectivity index (χ2n) is 4.98. The van der Waals surface area contributed by atoms with E-state index >= 15 is 0 Å². The highest BCUT2D eigenvalue weighted by molar-refractivity contribution is 6.31. The van der Waals surface area contributed by atoms with Crippen molar-refractivity contribution in [1.82, 2.24) is 5.32 Å². The number of aliphatic hydroxyl groups is 1. The Hall–Kier alpha value is -1.55. The molecule has 0 aromatic heterocycles. The SMILES string of the molecule is COc1cccc(C(N[C@H](C)CO)c2ccccc2Cl)c1. The molecule has 2 aromatic carbocycles. The smallest absolute Gasteiger partial charge is 0.119 e. The van der Waals surface area contributed by atoms with Crippen molar-refractivity contribution in [2.75, 3.05) is 13.7 Å². The van der Waals surface area contributed by atoms with Gasteiger partial charge in [0.2, 0.25) is 0 Å². The van der Waals surface area contributed by atoms with Gasteiger partial charge >= 0.3 is 0 Å². The van der Waals surface area contributed by atoms with E-state index in [0.29, 0.717) is 5.02 Å². The second-order valence-corrected chi connectivity index (χ2v) is 5.39. The largest absolute Gasteiger partial charge is 0.497 e. The van der Waals surface area contributed by atoms with Crippen molar-refractivity contribution in [3.8, 4) is 5.75 Å². The van der Waals surface area contributed by atoms with Crippen LogP contribution in [0.1, 0.15) is 24.1 Å². The van der Waals surface area contributed by atoms with Crippen LogP contribution in [0.5, 0.6) is 5.75 Å². The van der Waals surface area contributed by atoms with Gasteiger partial charge in [-0.25, -0.2) is 0 Å². The van der Waals surface area contributed by atoms with Gasteiger partial charge in [-0.05, 0) is 36.2 Å². The van der Waals surface area contributed by atoms with Crippen LogP contribution in [0.25, 0.3) is 0 Å². The first kappa shape index (κ1) is 15.8. The lowest BCUT2D eigenvalue weighted by atomic mass is 9.97. The molecule has 0 aliphatic heterocycles. The van der Waals surface area contributed by atoms with E-state index in [2.05, 4.69) is 5.32 Å². The third-order valence-electron chi connectivity index (χ3n) is 3.37. The Morgan fingerprint density at radius 2 is 1.95 bits per heavy atom. The summed E-state index contributed by atoms with van der Waals surface area (Å²) >= 11 is 6.34. The molecule has 2 rings (SSSR count). The lowest BCUT2D eigenvalue weighted by molar-refractivity contribution is 0.245. The number of ether oxygens (including phenoxy) is 1. The van der Waals surface area contributed by atoms with Gasteiger partial charge in [-0.3, -0.25) is 0 Å². The van der Waals surface area contributed by atoms with Crippen LogP contribution in [0, 0.1) is 0 Å². The fraction of sp³-hybridized carbons (Fsp3) is 0.294. The predicted molar refractivity (Wildman–Crippen MR) is 86.0 cm³/mol. The van der Waals surface area contributed by atoms with Crippen molar-refractivity contribution < 1.29 is 9.84 Å². The molecule has 0 amide bonds. The standard InChI is InChI=1S/C17H20ClNO2/c1-12(11-20)19-17(15-8-3-4-9-16(15)18)13-6-5-7-14(10-13)21-2/h3-10,12,17,19-20H,11H2,1-2H3/t12-,17?/m1/s1. The third kappa shape index (κ3) is 3.97. The van der Waals surface area contributed by atoms with Crippen LogP contribution in [-0.4, -0.2) is 24.9 Å². The first-order valence-electron chi connectivity index (χ1n) is 6.91. The molecule has 21 heavy (non-hydrogen) atoms. The Balaban J connectivity index is 2.42. The summed E-state index contributed by atoms with van der Waals surface area (Å²) in [6.07, 6.45) is 0. The van der Waals surface area contributed by atoms with E-state index in [-0.39, 0.29) is 18.7 Å². The number of hydrogen-bond donors (Lipinski definition) is 2. The molecule has 0 radical (unpaired) electrons. The summed E-state index contributed by atoms with van der Waals surface area (Å²) in [5.41, 5.74) is 2.02. The van der Waals surface area contributed by atoms with Gasteiger partial charge in [0.15, 0.2) is 0 Å². The maximum absolute atomic E-state index is 9.33. The number of nitrogens with one attached hydrogen (secondary N) is 1. The number of rotatable bonds is 6. The van der Waals surface area contributed by atoms with E-state index in [1.54, 1.807) is 7.11 Å². The van der Waals surface area contributed by atoms with Gasteiger partial charge in [0.05, 0.1) is 19.8 Å². The Bertz CT molecular complexity index is 589. The molecule has 1 unspecified atom stereocenters. The minimum atomic E-state index is -0.101. The van der Waals surface area contributed by atoms with Crippen LogP contribution in [0.2, 0.25) is 5.02 Å². The van der Waals surface area contributed by atoms with Gasteiger partial charge in [0, 0.05) is 11.1 Å². The highest BCUT2D eigenvalue weighted by atomic mass is 35.5. The molecular formula is C17H20ClNO2. The van der Waals surface area contributed by atoms with Gasteiger partial charge in [-0.2, -0.15) is 0 Å². The fourth-order valence-electron chi connectivity index (χ4n) is 2.23. The first-order chi connectivity index (χ1) is 10.2. The maximum atomic E-state index is 9.33. The summed E-state index contributed by atoms with van der Waals surface area (Å²) in [6.45, 7) is 1.99. The molecule has 0 spiro atoms. The molecule has 0 saturated carbocycles. The molecule has 0 bridgehead atoms. The molecule has 0 fully saturated rings. The molecule has 112 valence electrons. The average molecular weight is 306 g/mol. The van der Waals surface area contributed by atoms with Crippen LogP contribution in [0.3, 0.4) is 0 Å². The topological polar surface area (TPSA) is 41.5 Å². The zero-order chi connectivity index (χ0) is 15.2. The van der Waals surface area contributed by atoms with Crippen LogP contribution in [0.4, 0.5) is 0 Å². The first-order valence-corrected chi connectivity index (χ1v) is 7.28. The quantitative estimate of drug-likeness (QED) is 0.859. The molecule has 3 nitrogen and oxygen atoms in total. The van der Waals surface area contributed by atoms with Crippen molar-refractivity contribution in [1.29, 1.82) is 0 Å². The zero-order valence-electron chi connectivity index (χ0n) is 12.2. The van der Waals surface area contributed by atoms with E-state index < -0.39 is 0 Å². The van der Waals surface area contributed by atoms with Crippen molar-refractivity contribution in [2.45, 2.75) is 19.0 Å². The third-order valence-corrected chi connectivity index (χ3v) is 3.71.